The van der Waals surface area contributed by atoms with Crippen LogP contribution in [-0.4, -0.2) is 28.4 Å². The molecule has 108 valence electrons. The van der Waals surface area contributed by atoms with Crippen LogP contribution in [-0.2, 0) is 10.3 Å². The number of nitrogens with zero attached hydrogens (tertiary/aromatic N) is 2. The van der Waals surface area contributed by atoms with Crippen LogP contribution in [0.3, 0.4) is 0 Å². The second kappa shape index (κ2) is 5.98. The fourth-order valence-corrected chi connectivity index (χ4v) is 2.83. The van der Waals surface area contributed by atoms with Crippen molar-refractivity contribution in [1.29, 1.82) is 0 Å². The largest absolute Gasteiger partial charge is 0.382 e. The van der Waals surface area contributed by atoms with Gasteiger partial charge in [-0.25, -0.2) is 0 Å². The summed E-state index contributed by atoms with van der Waals surface area (Å²) in [7, 11) is 0. The van der Waals surface area contributed by atoms with Crippen molar-refractivity contribution in [1.82, 2.24) is 10.1 Å². The summed E-state index contributed by atoms with van der Waals surface area (Å²) in [6.07, 6.45) is 3.16. The van der Waals surface area contributed by atoms with Gasteiger partial charge in [0.15, 0.2) is 0 Å². The average molecular weight is 269 g/mol. The Balaban J connectivity index is 2.25. The molecule has 0 aromatic carbocycles. The van der Waals surface area contributed by atoms with Gasteiger partial charge >= 0.3 is 0 Å². The van der Waals surface area contributed by atoms with Crippen molar-refractivity contribution < 1.29 is 14.4 Å². The third-order valence-corrected chi connectivity index (χ3v) is 3.73. The molecule has 0 amide bonds. The lowest BCUT2D eigenvalue weighted by atomic mass is 9.78. The van der Waals surface area contributed by atoms with Crippen molar-refractivity contribution in [2.45, 2.75) is 51.2 Å². The van der Waals surface area contributed by atoms with Crippen molar-refractivity contribution in [3.63, 3.8) is 0 Å². The van der Waals surface area contributed by atoms with E-state index in [9.17, 15) is 5.11 Å². The van der Waals surface area contributed by atoms with Crippen LogP contribution in [0.15, 0.2) is 4.52 Å². The van der Waals surface area contributed by atoms with Crippen molar-refractivity contribution in [2.75, 3.05) is 13.2 Å². The van der Waals surface area contributed by atoms with E-state index in [0.717, 1.165) is 19.3 Å². The summed E-state index contributed by atoms with van der Waals surface area (Å²) in [4.78, 5) is 4.30. The number of aliphatic hydroxyl groups is 1. The Morgan fingerprint density at radius 3 is 3.05 bits per heavy atom. The summed E-state index contributed by atoms with van der Waals surface area (Å²) in [5.74, 6) is 1.29. The molecule has 1 fully saturated rings. The highest BCUT2D eigenvalue weighted by Gasteiger charge is 2.41. The predicted octanol–water partition coefficient (Wildman–Crippen LogP) is 1.50. The van der Waals surface area contributed by atoms with Gasteiger partial charge in [-0.1, -0.05) is 18.5 Å². The molecule has 1 aromatic rings. The lowest BCUT2D eigenvalue weighted by Gasteiger charge is -2.37. The Kier molecular flexibility index (Phi) is 4.54. The van der Waals surface area contributed by atoms with Gasteiger partial charge < -0.3 is 20.1 Å². The lowest BCUT2D eigenvalue weighted by Crippen LogP contribution is -2.36. The first-order valence-corrected chi connectivity index (χ1v) is 6.97. The van der Waals surface area contributed by atoms with E-state index >= 15 is 0 Å². The fraction of sp³-hybridized carbons (Fsp3) is 0.846. The quantitative estimate of drug-likeness (QED) is 0.841. The molecule has 3 atom stereocenters. The van der Waals surface area contributed by atoms with Gasteiger partial charge in [0, 0.05) is 13.2 Å². The van der Waals surface area contributed by atoms with E-state index in [-0.39, 0.29) is 12.4 Å². The Hall–Kier alpha value is -0.980. The summed E-state index contributed by atoms with van der Waals surface area (Å²) in [5, 5.41) is 13.7. The Labute approximate surface area is 113 Å². The number of ether oxygens (including phenoxy) is 1. The molecule has 1 aliphatic carbocycles. The van der Waals surface area contributed by atoms with Crippen molar-refractivity contribution in [2.24, 2.45) is 11.7 Å². The summed E-state index contributed by atoms with van der Waals surface area (Å²) >= 11 is 0. The molecule has 2 rings (SSSR count). The Morgan fingerprint density at radius 2 is 2.42 bits per heavy atom. The van der Waals surface area contributed by atoms with E-state index in [2.05, 4.69) is 17.1 Å². The second-order valence-electron chi connectivity index (χ2n) is 5.34. The molecule has 6 heteroatoms. The van der Waals surface area contributed by atoms with Crippen LogP contribution in [0.25, 0.3) is 0 Å². The maximum absolute atomic E-state index is 9.64. The van der Waals surface area contributed by atoms with Crippen LogP contribution in [0.2, 0.25) is 0 Å². The van der Waals surface area contributed by atoms with E-state index in [0.29, 0.717) is 18.3 Å². The first-order chi connectivity index (χ1) is 9.11. The minimum atomic E-state index is -0.902. The van der Waals surface area contributed by atoms with Gasteiger partial charge in [0.05, 0.1) is 0 Å². The molecule has 3 unspecified atom stereocenters. The number of nitrogens with two attached hydrogens (primary N) is 1. The van der Waals surface area contributed by atoms with Crippen LogP contribution in [0.5, 0.6) is 0 Å². The van der Waals surface area contributed by atoms with Crippen LogP contribution in [0.1, 0.15) is 57.3 Å². The third-order valence-electron chi connectivity index (χ3n) is 3.73. The zero-order chi connectivity index (χ0) is 13.9. The van der Waals surface area contributed by atoms with Crippen LogP contribution in [0, 0.1) is 5.92 Å². The molecule has 0 aliphatic heterocycles. The van der Waals surface area contributed by atoms with Gasteiger partial charge in [0.1, 0.15) is 11.7 Å². The molecule has 1 aromatic heterocycles. The Morgan fingerprint density at radius 1 is 1.63 bits per heavy atom. The minimum Gasteiger partial charge on any atom is -0.382 e. The van der Waals surface area contributed by atoms with E-state index < -0.39 is 11.7 Å². The van der Waals surface area contributed by atoms with Crippen molar-refractivity contribution >= 4 is 0 Å². The van der Waals surface area contributed by atoms with E-state index in [4.69, 9.17) is 15.0 Å². The number of hydrogen-bond donors (Lipinski definition) is 2. The molecule has 0 bridgehead atoms. The molecule has 3 N–H and O–H groups in total. The fourth-order valence-electron chi connectivity index (χ4n) is 2.83. The summed E-state index contributed by atoms with van der Waals surface area (Å²) < 4.78 is 11.1. The number of aromatic nitrogens is 2. The zero-order valence-electron chi connectivity index (χ0n) is 11.6. The standard InChI is InChI=1S/C13H23N3O3/c1-3-18-13(6-4-5-9(2)7-13)12-15-11(19-16-12)10(17)8-14/h9-10,17H,3-8,14H2,1-2H3. The number of hydrogen-bond acceptors (Lipinski definition) is 6. The number of rotatable bonds is 5. The van der Waals surface area contributed by atoms with Crippen LogP contribution in [0.4, 0.5) is 0 Å². The van der Waals surface area contributed by atoms with E-state index in [1.54, 1.807) is 0 Å². The highest BCUT2D eigenvalue weighted by atomic mass is 16.5. The molecule has 0 saturated heterocycles. The summed E-state index contributed by atoms with van der Waals surface area (Å²) in [6, 6.07) is 0. The average Bonchev–Trinajstić information content (AvgIpc) is 2.88. The first-order valence-electron chi connectivity index (χ1n) is 6.97. The highest BCUT2D eigenvalue weighted by molar-refractivity contribution is 5.05. The van der Waals surface area contributed by atoms with Gasteiger partial charge in [-0.2, -0.15) is 4.98 Å². The van der Waals surface area contributed by atoms with Gasteiger partial charge in [0.2, 0.25) is 5.82 Å². The molecule has 6 nitrogen and oxygen atoms in total. The SMILES string of the molecule is CCOC1(c2noc(C(O)CN)n2)CCCC(C)C1. The van der Waals surface area contributed by atoms with Crippen molar-refractivity contribution in [3.05, 3.63) is 11.7 Å². The van der Waals surface area contributed by atoms with Crippen molar-refractivity contribution in [3.8, 4) is 0 Å². The van der Waals surface area contributed by atoms with Crippen LogP contribution >= 0.6 is 0 Å². The minimum absolute atomic E-state index is 0.0691. The zero-order valence-corrected chi connectivity index (χ0v) is 11.6. The third kappa shape index (κ3) is 2.96. The molecule has 0 spiro atoms. The topological polar surface area (TPSA) is 94.4 Å². The highest BCUT2D eigenvalue weighted by Crippen LogP contribution is 2.41. The van der Waals surface area contributed by atoms with Crippen LogP contribution < -0.4 is 5.73 Å². The summed E-state index contributed by atoms with van der Waals surface area (Å²) in [5.41, 5.74) is 4.93. The molecular weight excluding hydrogens is 246 g/mol. The van der Waals surface area contributed by atoms with Gasteiger partial charge in [-0.05, 0) is 32.1 Å². The molecule has 1 saturated carbocycles. The smallest absolute Gasteiger partial charge is 0.256 e. The molecule has 1 aliphatic rings. The Bertz CT molecular complexity index is 406. The summed E-state index contributed by atoms with van der Waals surface area (Å²) in [6.45, 7) is 4.86. The maximum Gasteiger partial charge on any atom is 0.256 e. The lowest BCUT2D eigenvalue weighted by molar-refractivity contribution is -0.0891. The molecule has 19 heavy (non-hydrogen) atoms. The number of aliphatic hydroxyl groups excluding tert-OH is 1. The maximum atomic E-state index is 9.64. The first kappa shape index (κ1) is 14.4. The molecule has 0 radical (unpaired) electrons. The second-order valence-corrected chi connectivity index (χ2v) is 5.34. The van der Waals surface area contributed by atoms with Gasteiger partial charge in [0.25, 0.3) is 5.89 Å². The molecule has 1 heterocycles. The van der Waals surface area contributed by atoms with E-state index in [1.165, 1.54) is 6.42 Å². The normalized spacial score (nSPS) is 29.4. The van der Waals surface area contributed by atoms with Gasteiger partial charge in [-0.3, -0.25) is 0 Å². The van der Waals surface area contributed by atoms with E-state index in [1.807, 2.05) is 6.92 Å². The monoisotopic (exact) mass is 269 g/mol. The molecular formula is C13H23N3O3. The predicted molar refractivity (Wildman–Crippen MR) is 69.2 cm³/mol. The van der Waals surface area contributed by atoms with Gasteiger partial charge in [-0.15, -0.1) is 0 Å².